The summed E-state index contributed by atoms with van der Waals surface area (Å²) in [5.41, 5.74) is 9.13. The van der Waals surface area contributed by atoms with Gasteiger partial charge in [0.05, 0.1) is 0 Å². The highest BCUT2D eigenvalue weighted by atomic mass is 16.5. The molecule has 0 radical (unpaired) electrons. The molecule has 4 nitrogen and oxygen atoms in total. The number of benzene rings is 1. The molecule has 0 bridgehead atoms. The molecule has 0 aliphatic carbocycles. The number of hydrogen-bond acceptors (Lipinski definition) is 3. The van der Waals surface area contributed by atoms with Crippen LogP contribution in [0, 0.1) is 13.8 Å². The number of hydrogen-bond donors (Lipinski definition) is 2. The number of rotatable bonds is 7. The SMILES string of the molecule is CCC(C)NC(=O)COc1c(C)cc(CC(C)N)cc1C. The normalized spacial score (nSPS) is 13.6. The van der Waals surface area contributed by atoms with Crippen LogP contribution in [0.3, 0.4) is 0 Å². The summed E-state index contributed by atoms with van der Waals surface area (Å²) in [6, 6.07) is 4.48. The number of ether oxygens (including phenoxy) is 1. The van der Waals surface area contributed by atoms with Crippen molar-refractivity contribution in [3.63, 3.8) is 0 Å². The highest BCUT2D eigenvalue weighted by Gasteiger charge is 2.11. The predicted octanol–water partition coefficient (Wildman–Crippen LogP) is 2.49. The van der Waals surface area contributed by atoms with Crippen LogP contribution in [-0.2, 0) is 11.2 Å². The van der Waals surface area contributed by atoms with Gasteiger partial charge in [-0.25, -0.2) is 0 Å². The van der Waals surface area contributed by atoms with Crippen molar-refractivity contribution in [1.82, 2.24) is 5.32 Å². The molecule has 1 rings (SSSR count). The molecule has 21 heavy (non-hydrogen) atoms. The van der Waals surface area contributed by atoms with Crippen molar-refractivity contribution in [2.24, 2.45) is 5.73 Å². The number of aryl methyl sites for hydroxylation is 2. The Hall–Kier alpha value is -1.55. The van der Waals surface area contributed by atoms with Gasteiger partial charge in [0.15, 0.2) is 6.61 Å². The van der Waals surface area contributed by atoms with E-state index in [1.54, 1.807) is 0 Å². The quantitative estimate of drug-likeness (QED) is 0.811. The van der Waals surface area contributed by atoms with E-state index in [2.05, 4.69) is 17.4 Å². The number of carbonyl (C=O) groups excluding carboxylic acids is 1. The fraction of sp³-hybridized carbons (Fsp3) is 0.588. The summed E-state index contributed by atoms with van der Waals surface area (Å²) in [6.45, 7) is 10.1. The van der Waals surface area contributed by atoms with E-state index in [9.17, 15) is 4.79 Å². The maximum atomic E-state index is 11.8. The van der Waals surface area contributed by atoms with E-state index >= 15 is 0 Å². The second-order valence-electron chi connectivity index (χ2n) is 5.91. The first-order valence-corrected chi connectivity index (χ1v) is 7.61. The molecular formula is C17H28N2O2. The van der Waals surface area contributed by atoms with Gasteiger partial charge in [0.25, 0.3) is 5.91 Å². The molecule has 4 heteroatoms. The number of nitrogens with one attached hydrogen (secondary N) is 1. The Balaban J connectivity index is 2.69. The lowest BCUT2D eigenvalue weighted by Crippen LogP contribution is -2.35. The van der Waals surface area contributed by atoms with Crippen LogP contribution in [0.2, 0.25) is 0 Å². The van der Waals surface area contributed by atoms with Gasteiger partial charge in [0.1, 0.15) is 5.75 Å². The summed E-state index contributed by atoms with van der Waals surface area (Å²) in [7, 11) is 0. The lowest BCUT2D eigenvalue weighted by molar-refractivity contribution is -0.123. The minimum atomic E-state index is -0.0807. The first-order valence-electron chi connectivity index (χ1n) is 7.61. The zero-order valence-electron chi connectivity index (χ0n) is 13.8. The molecule has 1 amide bonds. The van der Waals surface area contributed by atoms with Crippen LogP contribution in [0.15, 0.2) is 12.1 Å². The van der Waals surface area contributed by atoms with Crippen molar-refractivity contribution >= 4 is 5.91 Å². The Kier molecular flexibility index (Phi) is 6.69. The van der Waals surface area contributed by atoms with Crippen molar-refractivity contribution in [3.05, 3.63) is 28.8 Å². The molecule has 1 aromatic rings. The molecule has 0 aliphatic rings. The van der Waals surface area contributed by atoms with Crippen molar-refractivity contribution in [3.8, 4) is 5.75 Å². The molecule has 1 aromatic carbocycles. The smallest absolute Gasteiger partial charge is 0.258 e. The number of nitrogens with two attached hydrogens (primary N) is 1. The van der Waals surface area contributed by atoms with Crippen molar-refractivity contribution < 1.29 is 9.53 Å². The van der Waals surface area contributed by atoms with Crippen LogP contribution >= 0.6 is 0 Å². The molecule has 118 valence electrons. The minimum Gasteiger partial charge on any atom is -0.483 e. The highest BCUT2D eigenvalue weighted by Crippen LogP contribution is 2.25. The van der Waals surface area contributed by atoms with Crippen molar-refractivity contribution in [2.75, 3.05) is 6.61 Å². The fourth-order valence-corrected chi connectivity index (χ4v) is 2.31. The van der Waals surface area contributed by atoms with Gasteiger partial charge < -0.3 is 15.8 Å². The average molecular weight is 292 g/mol. The van der Waals surface area contributed by atoms with Gasteiger partial charge in [-0.15, -0.1) is 0 Å². The zero-order chi connectivity index (χ0) is 16.0. The number of amides is 1. The van der Waals surface area contributed by atoms with E-state index in [4.69, 9.17) is 10.5 Å². The molecular weight excluding hydrogens is 264 g/mol. The van der Waals surface area contributed by atoms with Gasteiger partial charge in [-0.05, 0) is 57.2 Å². The van der Waals surface area contributed by atoms with Crippen LogP contribution in [0.1, 0.15) is 43.9 Å². The summed E-state index contributed by atoms with van der Waals surface area (Å²) in [4.78, 5) is 11.8. The highest BCUT2D eigenvalue weighted by molar-refractivity contribution is 5.77. The van der Waals surface area contributed by atoms with E-state index < -0.39 is 0 Å². The maximum Gasteiger partial charge on any atom is 0.258 e. The van der Waals surface area contributed by atoms with Crippen LogP contribution in [-0.4, -0.2) is 24.6 Å². The van der Waals surface area contributed by atoms with Crippen molar-refractivity contribution in [2.45, 2.75) is 59.5 Å². The second-order valence-corrected chi connectivity index (χ2v) is 5.91. The van der Waals surface area contributed by atoms with Crippen LogP contribution in [0.4, 0.5) is 0 Å². The molecule has 0 fully saturated rings. The Labute approximate surface area is 128 Å². The Morgan fingerprint density at radius 3 is 2.33 bits per heavy atom. The molecule has 2 atom stereocenters. The topological polar surface area (TPSA) is 64.3 Å². The summed E-state index contributed by atoms with van der Waals surface area (Å²) in [5.74, 6) is 0.713. The third kappa shape index (κ3) is 5.76. The average Bonchev–Trinajstić information content (AvgIpc) is 2.36. The van der Waals surface area contributed by atoms with E-state index in [1.807, 2.05) is 34.6 Å². The zero-order valence-corrected chi connectivity index (χ0v) is 13.8. The number of carbonyl (C=O) groups is 1. The van der Waals surface area contributed by atoms with Gasteiger partial charge in [-0.1, -0.05) is 19.1 Å². The summed E-state index contributed by atoms with van der Waals surface area (Å²) >= 11 is 0. The molecule has 0 aromatic heterocycles. The van der Waals surface area contributed by atoms with Gasteiger partial charge in [0.2, 0.25) is 0 Å². The fourth-order valence-electron chi connectivity index (χ4n) is 2.31. The predicted molar refractivity (Wildman–Crippen MR) is 86.7 cm³/mol. The third-order valence-electron chi connectivity index (χ3n) is 3.45. The first kappa shape index (κ1) is 17.5. The largest absolute Gasteiger partial charge is 0.483 e. The molecule has 3 N–H and O–H groups in total. The monoisotopic (exact) mass is 292 g/mol. The van der Waals surface area contributed by atoms with Gasteiger partial charge >= 0.3 is 0 Å². The van der Waals surface area contributed by atoms with E-state index in [-0.39, 0.29) is 24.6 Å². The van der Waals surface area contributed by atoms with E-state index in [0.717, 1.165) is 29.7 Å². The first-order chi connectivity index (χ1) is 9.83. The second kappa shape index (κ2) is 8.03. The third-order valence-corrected chi connectivity index (χ3v) is 3.45. The standard InChI is InChI=1S/C17H28N2O2/c1-6-14(5)19-16(20)10-21-17-11(2)7-15(8-12(17)3)9-13(4)18/h7-8,13-14H,6,9-10,18H2,1-5H3,(H,19,20). The Morgan fingerprint density at radius 2 is 1.86 bits per heavy atom. The Bertz CT molecular complexity index is 461. The minimum absolute atomic E-state index is 0.0542. The lowest BCUT2D eigenvalue weighted by atomic mass is 10.0. The van der Waals surface area contributed by atoms with Gasteiger partial charge in [-0.2, -0.15) is 0 Å². The summed E-state index contributed by atoms with van der Waals surface area (Å²) in [6.07, 6.45) is 1.76. The summed E-state index contributed by atoms with van der Waals surface area (Å²) in [5, 5.41) is 2.90. The van der Waals surface area contributed by atoms with Gasteiger partial charge in [0, 0.05) is 12.1 Å². The van der Waals surface area contributed by atoms with Crippen LogP contribution < -0.4 is 15.8 Å². The lowest BCUT2D eigenvalue weighted by Gasteiger charge is -2.16. The summed E-state index contributed by atoms with van der Waals surface area (Å²) < 4.78 is 5.69. The van der Waals surface area contributed by atoms with Crippen LogP contribution in [0.5, 0.6) is 5.75 Å². The molecule has 0 spiro atoms. The molecule has 2 unspecified atom stereocenters. The Morgan fingerprint density at radius 1 is 1.29 bits per heavy atom. The maximum absolute atomic E-state index is 11.8. The van der Waals surface area contributed by atoms with Crippen molar-refractivity contribution in [1.29, 1.82) is 0 Å². The van der Waals surface area contributed by atoms with E-state index in [1.165, 1.54) is 5.56 Å². The molecule has 0 aliphatic heterocycles. The molecule has 0 saturated heterocycles. The van der Waals surface area contributed by atoms with Gasteiger partial charge in [-0.3, -0.25) is 4.79 Å². The van der Waals surface area contributed by atoms with Crippen LogP contribution in [0.25, 0.3) is 0 Å². The molecule has 0 heterocycles. The van der Waals surface area contributed by atoms with E-state index in [0.29, 0.717) is 0 Å². The molecule has 0 saturated carbocycles.